The molecule has 1 saturated heterocycles. The molecule has 0 aromatic heterocycles. The summed E-state index contributed by atoms with van der Waals surface area (Å²) in [5.74, 6) is 1.79. The van der Waals surface area contributed by atoms with Gasteiger partial charge in [0.1, 0.15) is 5.69 Å². The minimum absolute atomic E-state index is 0.0467. The van der Waals surface area contributed by atoms with Gasteiger partial charge in [0.25, 0.3) is 11.6 Å². The van der Waals surface area contributed by atoms with E-state index >= 15 is 0 Å². The Kier molecular flexibility index (Phi) is 4.49. The number of nitro groups is 1. The Labute approximate surface area is 121 Å². The molecule has 0 radical (unpaired) electrons. The molecule has 1 fully saturated rings. The summed E-state index contributed by atoms with van der Waals surface area (Å²) in [6, 6.07) is 4.85. The van der Waals surface area contributed by atoms with Gasteiger partial charge in [-0.2, -0.15) is 11.8 Å². The molecule has 0 spiro atoms. The molecule has 1 aliphatic heterocycles. The van der Waals surface area contributed by atoms with Crippen molar-refractivity contribution in [3.05, 3.63) is 33.9 Å². The number of hydrogen-bond acceptors (Lipinski definition) is 5. The summed E-state index contributed by atoms with van der Waals surface area (Å²) in [7, 11) is 3.24. The molecular formula is C13H17N3O3S. The molecule has 6 nitrogen and oxygen atoms in total. The van der Waals surface area contributed by atoms with Crippen molar-refractivity contribution in [1.82, 2.24) is 4.90 Å². The molecule has 7 heteroatoms. The third-order valence-corrected chi connectivity index (χ3v) is 4.30. The molecule has 1 aromatic carbocycles. The summed E-state index contributed by atoms with van der Waals surface area (Å²) in [4.78, 5) is 24.0. The van der Waals surface area contributed by atoms with Gasteiger partial charge in [-0.1, -0.05) is 0 Å². The van der Waals surface area contributed by atoms with E-state index < -0.39 is 4.92 Å². The lowest BCUT2D eigenvalue weighted by atomic mass is 10.1. The van der Waals surface area contributed by atoms with Crippen molar-refractivity contribution in [3.8, 4) is 0 Å². The molecule has 20 heavy (non-hydrogen) atoms. The smallest absolute Gasteiger partial charge is 0.293 e. The number of nitro benzene ring substituents is 1. The monoisotopic (exact) mass is 295 g/mol. The van der Waals surface area contributed by atoms with Crippen molar-refractivity contribution in [2.45, 2.75) is 12.5 Å². The normalized spacial score (nSPS) is 17.8. The number of carbonyl (C=O) groups is 1. The van der Waals surface area contributed by atoms with Gasteiger partial charge in [0, 0.05) is 37.5 Å². The largest absolute Gasteiger partial charge is 0.376 e. The zero-order chi connectivity index (χ0) is 14.7. The lowest BCUT2D eigenvalue weighted by Gasteiger charge is -2.14. The van der Waals surface area contributed by atoms with E-state index in [-0.39, 0.29) is 17.6 Å². The highest BCUT2D eigenvalue weighted by atomic mass is 32.2. The van der Waals surface area contributed by atoms with Crippen LogP contribution in [0.25, 0.3) is 0 Å². The minimum atomic E-state index is -0.448. The van der Waals surface area contributed by atoms with Gasteiger partial charge in [-0.15, -0.1) is 0 Å². The number of hydrogen-bond donors (Lipinski definition) is 1. The number of amides is 1. The van der Waals surface area contributed by atoms with E-state index in [1.54, 1.807) is 26.2 Å². The average molecular weight is 295 g/mol. The number of benzene rings is 1. The SMILES string of the molecule is CN(C)C(=O)c1ccc(NC2CCSC2)c([N+](=O)[O-])c1. The first-order chi connectivity index (χ1) is 9.49. The van der Waals surface area contributed by atoms with Crippen LogP contribution in [0.15, 0.2) is 18.2 Å². The molecule has 0 aliphatic carbocycles. The first kappa shape index (κ1) is 14.6. The van der Waals surface area contributed by atoms with Crippen LogP contribution >= 0.6 is 11.8 Å². The van der Waals surface area contributed by atoms with Crippen LogP contribution in [-0.4, -0.2) is 47.4 Å². The fourth-order valence-electron chi connectivity index (χ4n) is 2.06. The van der Waals surface area contributed by atoms with Gasteiger partial charge in [0.2, 0.25) is 0 Å². The highest BCUT2D eigenvalue weighted by Gasteiger charge is 2.22. The highest BCUT2D eigenvalue weighted by molar-refractivity contribution is 7.99. The number of rotatable bonds is 4. The predicted molar refractivity (Wildman–Crippen MR) is 80.5 cm³/mol. The molecule has 108 valence electrons. The number of nitrogens with one attached hydrogen (secondary N) is 1. The maximum absolute atomic E-state index is 11.9. The first-order valence-corrected chi connectivity index (χ1v) is 7.49. The van der Waals surface area contributed by atoms with E-state index in [9.17, 15) is 14.9 Å². The van der Waals surface area contributed by atoms with E-state index in [2.05, 4.69) is 5.32 Å². The molecule has 1 heterocycles. The Hall–Kier alpha value is -1.76. The summed E-state index contributed by atoms with van der Waals surface area (Å²) in [6.07, 6.45) is 1.00. The lowest BCUT2D eigenvalue weighted by Crippen LogP contribution is -2.22. The Balaban J connectivity index is 2.28. The molecule has 1 aliphatic rings. The number of carbonyl (C=O) groups excluding carboxylic acids is 1. The molecule has 1 N–H and O–H groups in total. The second kappa shape index (κ2) is 6.13. The first-order valence-electron chi connectivity index (χ1n) is 6.33. The number of nitrogens with zero attached hydrogens (tertiary/aromatic N) is 2. The summed E-state index contributed by atoms with van der Waals surface area (Å²) in [5, 5.41) is 14.4. The fraction of sp³-hybridized carbons (Fsp3) is 0.462. The zero-order valence-corrected chi connectivity index (χ0v) is 12.3. The van der Waals surface area contributed by atoms with Crippen LogP contribution in [0, 0.1) is 10.1 Å². The summed E-state index contributed by atoms with van der Waals surface area (Å²) >= 11 is 1.83. The topological polar surface area (TPSA) is 75.5 Å². The Morgan fingerprint density at radius 1 is 1.50 bits per heavy atom. The van der Waals surface area contributed by atoms with Crippen LogP contribution in [0.5, 0.6) is 0 Å². The second-order valence-electron chi connectivity index (χ2n) is 4.89. The van der Waals surface area contributed by atoms with Crippen LogP contribution in [-0.2, 0) is 0 Å². The van der Waals surface area contributed by atoms with E-state index in [0.717, 1.165) is 17.9 Å². The van der Waals surface area contributed by atoms with Crippen molar-refractivity contribution in [2.75, 3.05) is 30.9 Å². The standard InChI is InChI=1S/C13H17N3O3S/c1-15(2)13(17)9-3-4-11(12(7-9)16(18)19)14-10-5-6-20-8-10/h3-4,7,10,14H,5-6,8H2,1-2H3. The Morgan fingerprint density at radius 2 is 2.25 bits per heavy atom. The lowest BCUT2D eigenvalue weighted by molar-refractivity contribution is -0.384. The van der Waals surface area contributed by atoms with Crippen LogP contribution < -0.4 is 5.32 Å². The van der Waals surface area contributed by atoms with E-state index in [1.807, 2.05) is 11.8 Å². The molecular weight excluding hydrogens is 278 g/mol. The van der Waals surface area contributed by atoms with Crippen molar-refractivity contribution >= 4 is 29.0 Å². The van der Waals surface area contributed by atoms with Crippen molar-refractivity contribution < 1.29 is 9.72 Å². The van der Waals surface area contributed by atoms with Crippen molar-refractivity contribution in [3.63, 3.8) is 0 Å². The van der Waals surface area contributed by atoms with Crippen LogP contribution in [0.1, 0.15) is 16.8 Å². The molecule has 1 aromatic rings. The predicted octanol–water partition coefficient (Wildman–Crippen LogP) is 2.21. The van der Waals surface area contributed by atoms with Gasteiger partial charge in [0.05, 0.1) is 4.92 Å². The van der Waals surface area contributed by atoms with E-state index in [4.69, 9.17) is 0 Å². The summed E-state index contributed by atoms with van der Waals surface area (Å²) in [5.41, 5.74) is 0.764. The van der Waals surface area contributed by atoms with Gasteiger partial charge < -0.3 is 10.2 Å². The third-order valence-electron chi connectivity index (χ3n) is 3.14. The Bertz CT molecular complexity index is 528. The number of thioether (sulfide) groups is 1. The molecule has 1 unspecified atom stereocenters. The molecule has 2 rings (SSSR count). The van der Waals surface area contributed by atoms with Crippen LogP contribution in [0.3, 0.4) is 0 Å². The number of anilines is 1. The second-order valence-corrected chi connectivity index (χ2v) is 6.04. The van der Waals surface area contributed by atoms with Crippen LogP contribution in [0.2, 0.25) is 0 Å². The van der Waals surface area contributed by atoms with Crippen molar-refractivity contribution in [1.29, 1.82) is 0 Å². The van der Waals surface area contributed by atoms with E-state index in [1.165, 1.54) is 11.0 Å². The zero-order valence-electron chi connectivity index (χ0n) is 11.5. The average Bonchev–Trinajstić information content (AvgIpc) is 2.91. The van der Waals surface area contributed by atoms with Gasteiger partial charge in [-0.05, 0) is 24.3 Å². The summed E-state index contributed by atoms with van der Waals surface area (Å²) in [6.45, 7) is 0. The maximum Gasteiger partial charge on any atom is 0.293 e. The third kappa shape index (κ3) is 3.22. The van der Waals surface area contributed by atoms with Crippen molar-refractivity contribution in [2.24, 2.45) is 0 Å². The molecule has 0 saturated carbocycles. The Morgan fingerprint density at radius 3 is 2.80 bits per heavy atom. The highest BCUT2D eigenvalue weighted by Crippen LogP contribution is 2.29. The van der Waals surface area contributed by atoms with E-state index in [0.29, 0.717) is 11.3 Å². The fourth-order valence-corrected chi connectivity index (χ4v) is 3.22. The van der Waals surface area contributed by atoms with Gasteiger partial charge >= 0.3 is 0 Å². The van der Waals surface area contributed by atoms with Gasteiger partial charge in [0.15, 0.2) is 0 Å². The minimum Gasteiger partial charge on any atom is -0.376 e. The van der Waals surface area contributed by atoms with Gasteiger partial charge in [-0.3, -0.25) is 14.9 Å². The quantitative estimate of drug-likeness (QED) is 0.681. The van der Waals surface area contributed by atoms with Crippen LogP contribution in [0.4, 0.5) is 11.4 Å². The molecule has 1 amide bonds. The summed E-state index contributed by atoms with van der Waals surface area (Å²) < 4.78 is 0. The molecule has 1 atom stereocenters. The molecule has 0 bridgehead atoms. The maximum atomic E-state index is 11.9. The van der Waals surface area contributed by atoms with Gasteiger partial charge in [-0.25, -0.2) is 0 Å².